The Morgan fingerprint density at radius 3 is 2.53 bits per heavy atom. The molecular formula is C13H16N4OS. The molecule has 0 atom stereocenters. The number of nitrogens with two attached hydrogens (primary N) is 1. The molecule has 0 saturated heterocycles. The molecule has 5 nitrogen and oxygen atoms in total. The molecule has 2 aromatic rings. The summed E-state index contributed by atoms with van der Waals surface area (Å²) < 4.78 is 0. The van der Waals surface area contributed by atoms with E-state index in [1.54, 1.807) is 12.1 Å². The fourth-order valence-corrected chi connectivity index (χ4v) is 2.22. The van der Waals surface area contributed by atoms with Crippen molar-refractivity contribution in [3.8, 4) is 0 Å². The van der Waals surface area contributed by atoms with E-state index in [4.69, 9.17) is 5.73 Å². The Kier molecular flexibility index (Phi) is 4.24. The standard InChI is InChI=1S/C13H16N4OS/c1-8(2)12-16-17-13(19-12)15-11(18)10-5-3-9(7-14)4-6-10/h3-6,8H,7,14H2,1-2H3,(H,15,17,18). The van der Waals surface area contributed by atoms with E-state index in [0.29, 0.717) is 23.2 Å². The molecule has 0 aliphatic heterocycles. The van der Waals surface area contributed by atoms with Gasteiger partial charge < -0.3 is 5.73 Å². The lowest BCUT2D eigenvalue weighted by atomic mass is 10.1. The molecule has 0 radical (unpaired) electrons. The minimum atomic E-state index is -0.185. The quantitative estimate of drug-likeness (QED) is 0.898. The van der Waals surface area contributed by atoms with Crippen LogP contribution in [-0.2, 0) is 6.54 Å². The van der Waals surface area contributed by atoms with Crippen molar-refractivity contribution < 1.29 is 4.79 Å². The maximum absolute atomic E-state index is 12.0. The van der Waals surface area contributed by atoms with Crippen molar-refractivity contribution in [2.45, 2.75) is 26.3 Å². The Balaban J connectivity index is 2.06. The van der Waals surface area contributed by atoms with Crippen LogP contribution < -0.4 is 11.1 Å². The predicted octanol–water partition coefficient (Wildman–Crippen LogP) is 2.37. The van der Waals surface area contributed by atoms with Crippen molar-refractivity contribution in [1.29, 1.82) is 0 Å². The lowest BCUT2D eigenvalue weighted by Crippen LogP contribution is -2.11. The highest BCUT2D eigenvalue weighted by atomic mass is 32.1. The van der Waals surface area contributed by atoms with E-state index >= 15 is 0 Å². The van der Waals surface area contributed by atoms with Crippen LogP contribution >= 0.6 is 11.3 Å². The second-order valence-electron chi connectivity index (χ2n) is 4.46. The minimum Gasteiger partial charge on any atom is -0.326 e. The Bertz CT molecular complexity index is 562. The maximum Gasteiger partial charge on any atom is 0.257 e. The summed E-state index contributed by atoms with van der Waals surface area (Å²) in [5.41, 5.74) is 7.09. The molecule has 1 amide bonds. The molecule has 2 rings (SSSR count). The lowest BCUT2D eigenvalue weighted by Gasteiger charge is -2.02. The molecular weight excluding hydrogens is 260 g/mol. The van der Waals surface area contributed by atoms with Crippen molar-refractivity contribution in [3.63, 3.8) is 0 Å². The van der Waals surface area contributed by atoms with Crippen molar-refractivity contribution in [2.75, 3.05) is 5.32 Å². The zero-order valence-corrected chi connectivity index (χ0v) is 11.7. The third-order valence-corrected chi connectivity index (χ3v) is 3.75. The van der Waals surface area contributed by atoms with Crippen molar-refractivity contribution in [1.82, 2.24) is 10.2 Å². The van der Waals surface area contributed by atoms with Crippen LogP contribution in [-0.4, -0.2) is 16.1 Å². The van der Waals surface area contributed by atoms with Gasteiger partial charge in [0.1, 0.15) is 5.01 Å². The van der Waals surface area contributed by atoms with Crippen LogP contribution in [0.15, 0.2) is 24.3 Å². The first-order chi connectivity index (χ1) is 9.10. The second kappa shape index (κ2) is 5.90. The number of amides is 1. The minimum absolute atomic E-state index is 0.185. The maximum atomic E-state index is 12.0. The first-order valence-electron chi connectivity index (χ1n) is 6.04. The van der Waals surface area contributed by atoms with Gasteiger partial charge in [0.25, 0.3) is 5.91 Å². The topological polar surface area (TPSA) is 80.9 Å². The zero-order chi connectivity index (χ0) is 13.8. The monoisotopic (exact) mass is 276 g/mol. The third kappa shape index (κ3) is 3.36. The van der Waals surface area contributed by atoms with Gasteiger partial charge in [-0.2, -0.15) is 0 Å². The van der Waals surface area contributed by atoms with E-state index in [1.807, 2.05) is 26.0 Å². The molecule has 19 heavy (non-hydrogen) atoms. The number of hydrogen-bond donors (Lipinski definition) is 2. The summed E-state index contributed by atoms with van der Waals surface area (Å²) in [4.78, 5) is 12.0. The first-order valence-corrected chi connectivity index (χ1v) is 6.85. The molecule has 1 aromatic carbocycles. The largest absolute Gasteiger partial charge is 0.326 e. The van der Waals surface area contributed by atoms with E-state index in [0.717, 1.165) is 10.6 Å². The van der Waals surface area contributed by atoms with Crippen molar-refractivity contribution >= 4 is 22.4 Å². The van der Waals surface area contributed by atoms with Crippen LogP contribution in [0.2, 0.25) is 0 Å². The van der Waals surface area contributed by atoms with Gasteiger partial charge in [-0.1, -0.05) is 37.3 Å². The van der Waals surface area contributed by atoms with Gasteiger partial charge in [-0.15, -0.1) is 10.2 Å². The summed E-state index contributed by atoms with van der Waals surface area (Å²) >= 11 is 1.40. The van der Waals surface area contributed by atoms with Gasteiger partial charge in [-0.3, -0.25) is 10.1 Å². The normalized spacial score (nSPS) is 10.7. The molecule has 0 spiro atoms. The van der Waals surface area contributed by atoms with Gasteiger partial charge in [0.2, 0.25) is 5.13 Å². The fourth-order valence-electron chi connectivity index (χ4n) is 1.48. The number of hydrogen-bond acceptors (Lipinski definition) is 5. The Hall–Kier alpha value is -1.79. The summed E-state index contributed by atoms with van der Waals surface area (Å²) in [5.74, 6) is 0.127. The smallest absolute Gasteiger partial charge is 0.257 e. The van der Waals surface area contributed by atoms with Gasteiger partial charge in [0.15, 0.2) is 0 Å². The van der Waals surface area contributed by atoms with Gasteiger partial charge in [0, 0.05) is 18.0 Å². The highest BCUT2D eigenvalue weighted by Crippen LogP contribution is 2.22. The number of benzene rings is 1. The molecule has 0 fully saturated rings. The van der Waals surface area contributed by atoms with Crippen LogP contribution in [0.5, 0.6) is 0 Å². The van der Waals surface area contributed by atoms with Gasteiger partial charge in [-0.05, 0) is 17.7 Å². The molecule has 6 heteroatoms. The van der Waals surface area contributed by atoms with Crippen LogP contribution in [0, 0.1) is 0 Å². The second-order valence-corrected chi connectivity index (χ2v) is 5.46. The number of carbonyl (C=O) groups excluding carboxylic acids is 1. The van der Waals surface area contributed by atoms with Crippen LogP contribution in [0.4, 0.5) is 5.13 Å². The van der Waals surface area contributed by atoms with Crippen molar-refractivity contribution in [3.05, 3.63) is 40.4 Å². The van der Waals surface area contributed by atoms with Gasteiger partial charge in [-0.25, -0.2) is 0 Å². The predicted molar refractivity (Wildman–Crippen MR) is 76.3 cm³/mol. The lowest BCUT2D eigenvalue weighted by molar-refractivity contribution is 0.102. The molecule has 0 aliphatic rings. The number of nitrogens with zero attached hydrogens (tertiary/aromatic N) is 2. The average Bonchev–Trinajstić information content (AvgIpc) is 2.87. The number of anilines is 1. The van der Waals surface area contributed by atoms with Crippen LogP contribution in [0.3, 0.4) is 0 Å². The highest BCUT2D eigenvalue weighted by molar-refractivity contribution is 7.15. The number of rotatable bonds is 4. The molecule has 100 valence electrons. The van der Waals surface area contributed by atoms with Gasteiger partial charge in [0.05, 0.1) is 0 Å². The first kappa shape index (κ1) is 13.6. The molecule has 0 unspecified atom stereocenters. The van der Waals surface area contributed by atoms with E-state index in [9.17, 15) is 4.79 Å². The Morgan fingerprint density at radius 2 is 2.00 bits per heavy atom. The van der Waals surface area contributed by atoms with Gasteiger partial charge >= 0.3 is 0 Å². The fraction of sp³-hybridized carbons (Fsp3) is 0.308. The number of carbonyl (C=O) groups is 1. The van der Waals surface area contributed by atoms with E-state index in [2.05, 4.69) is 15.5 Å². The summed E-state index contributed by atoms with van der Waals surface area (Å²) in [6, 6.07) is 7.19. The molecule has 0 bridgehead atoms. The van der Waals surface area contributed by atoms with E-state index < -0.39 is 0 Å². The SMILES string of the molecule is CC(C)c1nnc(NC(=O)c2ccc(CN)cc2)s1. The van der Waals surface area contributed by atoms with E-state index in [1.165, 1.54) is 11.3 Å². The highest BCUT2D eigenvalue weighted by Gasteiger charge is 2.11. The molecule has 0 saturated carbocycles. The van der Waals surface area contributed by atoms with Crippen LogP contribution in [0.25, 0.3) is 0 Å². The Labute approximate surface area is 115 Å². The molecule has 0 aliphatic carbocycles. The number of nitrogens with one attached hydrogen (secondary N) is 1. The zero-order valence-electron chi connectivity index (χ0n) is 10.9. The van der Waals surface area contributed by atoms with E-state index in [-0.39, 0.29) is 5.91 Å². The Morgan fingerprint density at radius 1 is 1.32 bits per heavy atom. The average molecular weight is 276 g/mol. The third-order valence-electron chi connectivity index (χ3n) is 2.61. The van der Waals surface area contributed by atoms with Crippen LogP contribution in [0.1, 0.15) is 40.7 Å². The molecule has 1 heterocycles. The summed E-state index contributed by atoms with van der Waals surface area (Å²) in [7, 11) is 0. The summed E-state index contributed by atoms with van der Waals surface area (Å²) in [6.07, 6.45) is 0. The van der Waals surface area contributed by atoms with Crippen molar-refractivity contribution in [2.24, 2.45) is 5.73 Å². The number of aromatic nitrogens is 2. The summed E-state index contributed by atoms with van der Waals surface area (Å²) in [5, 5.41) is 12.2. The summed E-state index contributed by atoms with van der Waals surface area (Å²) in [6.45, 7) is 4.55. The molecule has 3 N–H and O–H groups in total. The molecule has 1 aromatic heterocycles.